The number of ether oxygens (including phenoxy) is 1. The topological polar surface area (TPSA) is 76.4 Å². The number of hydrogen-bond acceptors (Lipinski definition) is 4. The molecule has 22 heavy (non-hydrogen) atoms. The Morgan fingerprint density at radius 3 is 2.77 bits per heavy atom. The molecule has 0 atom stereocenters. The Kier molecular flexibility index (Phi) is 5.60. The molecular formula is C14H19ClN6O. The minimum atomic E-state index is 0.536. The van der Waals surface area contributed by atoms with Crippen LogP contribution in [0.5, 0.6) is 5.75 Å². The third-order valence-electron chi connectivity index (χ3n) is 3.14. The number of aliphatic imine (C=N–C) groups is 1. The quantitative estimate of drug-likeness (QED) is 0.642. The number of aromatic nitrogens is 3. The lowest BCUT2D eigenvalue weighted by Crippen LogP contribution is -2.37. The maximum atomic E-state index is 5.96. The van der Waals surface area contributed by atoms with Crippen LogP contribution >= 0.6 is 11.6 Å². The fourth-order valence-electron chi connectivity index (χ4n) is 1.91. The van der Waals surface area contributed by atoms with Crippen molar-refractivity contribution in [2.45, 2.75) is 13.1 Å². The molecule has 2 aromatic rings. The van der Waals surface area contributed by atoms with Gasteiger partial charge in [-0.2, -0.15) is 5.10 Å². The summed E-state index contributed by atoms with van der Waals surface area (Å²) in [6.45, 7) is 1.10. The van der Waals surface area contributed by atoms with E-state index in [4.69, 9.17) is 16.3 Å². The first kappa shape index (κ1) is 16.1. The lowest BCUT2D eigenvalue weighted by Gasteiger charge is -2.13. The number of benzene rings is 1. The van der Waals surface area contributed by atoms with Crippen molar-refractivity contribution in [1.29, 1.82) is 0 Å². The van der Waals surface area contributed by atoms with E-state index >= 15 is 0 Å². The third-order valence-corrected chi connectivity index (χ3v) is 3.37. The molecule has 0 fully saturated rings. The normalized spacial score (nSPS) is 11.4. The molecule has 0 aliphatic carbocycles. The summed E-state index contributed by atoms with van der Waals surface area (Å²) in [6.07, 6.45) is 1.52. The predicted molar refractivity (Wildman–Crippen MR) is 86.0 cm³/mol. The van der Waals surface area contributed by atoms with Crippen LogP contribution in [0, 0.1) is 0 Å². The van der Waals surface area contributed by atoms with E-state index < -0.39 is 0 Å². The van der Waals surface area contributed by atoms with Gasteiger partial charge in [-0.15, -0.1) is 0 Å². The fourth-order valence-corrected chi connectivity index (χ4v) is 2.07. The van der Waals surface area contributed by atoms with Crippen LogP contribution < -0.4 is 15.4 Å². The Hall–Kier alpha value is -2.28. The van der Waals surface area contributed by atoms with E-state index in [2.05, 4.69) is 25.7 Å². The number of rotatable bonds is 5. The molecule has 2 rings (SSSR count). The first-order valence-electron chi connectivity index (χ1n) is 6.74. The van der Waals surface area contributed by atoms with Crippen molar-refractivity contribution < 1.29 is 4.74 Å². The molecule has 7 nitrogen and oxygen atoms in total. The number of guanidine groups is 1. The highest BCUT2D eigenvalue weighted by Gasteiger charge is 2.06. The zero-order valence-electron chi connectivity index (χ0n) is 12.8. The second kappa shape index (κ2) is 7.65. The molecule has 1 heterocycles. The minimum Gasteiger partial charge on any atom is -0.496 e. The van der Waals surface area contributed by atoms with Crippen molar-refractivity contribution in [2.75, 3.05) is 14.2 Å². The van der Waals surface area contributed by atoms with Gasteiger partial charge in [0.2, 0.25) is 0 Å². The molecule has 8 heteroatoms. The van der Waals surface area contributed by atoms with Gasteiger partial charge in [-0.25, -0.2) is 4.98 Å². The summed E-state index contributed by atoms with van der Waals surface area (Å²) < 4.78 is 7.03. The van der Waals surface area contributed by atoms with Crippen LogP contribution in [0.2, 0.25) is 5.02 Å². The van der Waals surface area contributed by atoms with Gasteiger partial charge in [0.25, 0.3) is 0 Å². The Morgan fingerprint density at radius 1 is 1.36 bits per heavy atom. The molecule has 2 N–H and O–H groups in total. The lowest BCUT2D eigenvalue weighted by atomic mass is 10.2. The number of methoxy groups -OCH3 is 1. The van der Waals surface area contributed by atoms with Gasteiger partial charge in [-0.1, -0.05) is 17.7 Å². The molecular weight excluding hydrogens is 304 g/mol. The molecule has 1 aromatic carbocycles. The first-order chi connectivity index (χ1) is 10.6. The minimum absolute atomic E-state index is 0.536. The van der Waals surface area contributed by atoms with E-state index in [9.17, 15) is 0 Å². The van der Waals surface area contributed by atoms with E-state index in [1.54, 1.807) is 24.9 Å². The summed E-state index contributed by atoms with van der Waals surface area (Å²) >= 11 is 5.96. The van der Waals surface area contributed by atoms with Crippen LogP contribution in [0.1, 0.15) is 11.4 Å². The van der Waals surface area contributed by atoms with Gasteiger partial charge >= 0.3 is 0 Å². The summed E-state index contributed by atoms with van der Waals surface area (Å²) in [4.78, 5) is 8.32. The first-order valence-corrected chi connectivity index (χ1v) is 7.11. The fraction of sp³-hybridized carbons (Fsp3) is 0.357. The largest absolute Gasteiger partial charge is 0.496 e. The highest BCUT2D eigenvalue weighted by atomic mass is 35.5. The second-order valence-electron chi connectivity index (χ2n) is 4.54. The van der Waals surface area contributed by atoms with E-state index in [1.165, 1.54) is 6.33 Å². The van der Waals surface area contributed by atoms with Crippen LogP contribution in [0.3, 0.4) is 0 Å². The lowest BCUT2D eigenvalue weighted by molar-refractivity contribution is 0.409. The highest BCUT2D eigenvalue weighted by molar-refractivity contribution is 6.30. The average molecular weight is 323 g/mol. The number of aryl methyl sites for hydroxylation is 1. The van der Waals surface area contributed by atoms with Gasteiger partial charge < -0.3 is 15.4 Å². The zero-order chi connectivity index (χ0) is 15.9. The van der Waals surface area contributed by atoms with Gasteiger partial charge in [0, 0.05) is 31.2 Å². The van der Waals surface area contributed by atoms with Crippen molar-refractivity contribution in [3.05, 3.63) is 40.9 Å². The van der Waals surface area contributed by atoms with Gasteiger partial charge in [-0.3, -0.25) is 9.67 Å². The average Bonchev–Trinajstić information content (AvgIpc) is 2.93. The third kappa shape index (κ3) is 4.11. The Labute approximate surface area is 134 Å². The Bertz CT molecular complexity index is 655. The summed E-state index contributed by atoms with van der Waals surface area (Å²) in [5.41, 5.74) is 0.994. The van der Waals surface area contributed by atoms with Crippen molar-refractivity contribution in [1.82, 2.24) is 25.4 Å². The molecule has 0 aliphatic rings. The van der Waals surface area contributed by atoms with E-state index in [-0.39, 0.29) is 0 Å². The number of nitrogens with one attached hydrogen (secondary N) is 2. The molecule has 0 amide bonds. The predicted octanol–water partition coefficient (Wildman–Crippen LogP) is 1.34. The second-order valence-corrected chi connectivity index (χ2v) is 4.97. The smallest absolute Gasteiger partial charge is 0.191 e. The van der Waals surface area contributed by atoms with E-state index in [1.807, 2.05) is 19.2 Å². The molecule has 0 saturated heterocycles. The van der Waals surface area contributed by atoms with E-state index in [0.29, 0.717) is 24.1 Å². The van der Waals surface area contributed by atoms with E-state index in [0.717, 1.165) is 17.1 Å². The number of nitrogens with zero attached hydrogens (tertiary/aromatic N) is 4. The molecule has 0 bridgehead atoms. The monoisotopic (exact) mass is 322 g/mol. The standard InChI is InChI=1S/C14H19ClN6O/c1-16-14(18-8-13-19-9-20-21(13)2)17-7-10-4-5-11(15)6-12(10)22-3/h4-6,9H,7-8H2,1-3H3,(H2,16,17,18). The summed E-state index contributed by atoms with van der Waals surface area (Å²) in [5.74, 6) is 2.23. The zero-order valence-corrected chi connectivity index (χ0v) is 13.6. The Balaban J connectivity index is 1.93. The number of hydrogen-bond donors (Lipinski definition) is 2. The van der Waals surface area contributed by atoms with Crippen LogP contribution in [-0.4, -0.2) is 34.9 Å². The maximum Gasteiger partial charge on any atom is 0.191 e. The molecule has 0 aliphatic heterocycles. The van der Waals surface area contributed by atoms with Crippen molar-refractivity contribution in [3.63, 3.8) is 0 Å². The molecule has 1 aromatic heterocycles. The van der Waals surface area contributed by atoms with Gasteiger partial charge in [0.1, 0.15) is 17.9 Å². The van der Waals surface area contributed by atoms with Crippen LogP contribution in [0.4, 0.5) is 0 Å². The molecule has 0 saturated carbocycles. The summed E-state index contributed by atoms with van der Waals surface area (Å²) in [5, 5.41) is 11.1. The van der Waals surface area contributed by atoms with Crippen LogP contribution in [-0.2, 0) is 20.1 Å². The van der Waals surface area contributed by atoms with Crippen molar-refractivity contribution >= 4 is 17.6 Å². The summed E-state index contributed by atoms with van der Waals surface area (Å²) in [6, 6.07) is 5.54. The van der Waals surface area contributed by atoms with Crippen molar-refractivity contribution in [3.8, 4) is 5.75 Å². The maximum absolute atomic E-state index is 5.96. The molecule has 0 radical (unpaired) electrons. The van der Waals surface area contributed by atoms with Crippen LogP contribution in [0.25, 0.3) is 0 Å². The molecule has 118 valence electrons. The van der Waals surface area contributed by atoms with Crippen LogP contribution in [0.15, 0.2) is 29.5 Å². The summed E-state index contributed by atoms with van der Waals surface area (Å²) in [7, 11) is 5.18. The number of halogens is 1. The SMILES string of the molecule is CN=C(NCc1ccc(Cl)cc1OC)NCc1ncnn1C. The van der Waals surface area contributed by atoms with Gasteiger partial charge in [-0.05, 0) is 12.1 Å². The van der Waals surface area contributed by atoms with Gasteiger partial charge in [0.15, 0.2) is 5.96 Å². The highest BCUT2D eigenvalue weighted by Crippen LogP contribution is 2.22. The molecule has 0 unspecified atom stereocenters. The molecule has 0 spiro atoms. The Morgan fingerprint density at radius 2 is 2.14 bits per heavy atom. The van der Waals surface area contributed by atoms with Gasteiger partial charge in [0.05, 0.1) is 13.7 Å². The van der Waals surface area contributed by atoms with Crippen molar-refractivity contribution in [2.24, 2.45) is 12.0 Å².